The lowest BCUT2D eigenvalue weighted by molar-refractivity contribution is -0.119. The van der Waals surface area contributed by atoms with Crippen LogP contribution in [0.4, 0.5) is 5.69 Å². The fourth-order valence-electron chi connectivity index (χ4n) is 1.96. The van der Waals surface area contributed by atoms with Crippen molar-refractivity contribution in [1.82, 2.24) is 5.32 Å². The summed E-state index contributed by atoms with van der Waals surface area (Å²) in [6.07, 6.45) is 0.252. The first-order chi connectivity index (χ1) is 11.6. The van der Waals surface area contributed by atoms with Gasteiger partial charge >= 0.3 is 0 Å². The lowest BCUT2D eigenvalue weighted by atomic mass is 10.3. The molecule has 0 radical (unpaired) electrons. The molecule has 0 spiro atoms. The number of amides is 2. The fourth-order valence-corrected chi connectivity index (χ4v) is 2.78. The molecule has 0 unspecified atom stereocenters. The van der Waals surface area contributed by atoms with Gasteiger partial charge in [0.2, 0.25) is 11.8 Å². The van der Waals surface area contributed by atoms with Gasteiger partial charge in [0, 0.05) is 35.4 Å². The van der Waals surface area contributed by atoms with Crippen LogP contribution in [0.5, 0.6) is 5.75 Å². The summed E-state index contributed by atoms with van der Waals surface area (Å²) in [5, 5.41) is 5.40. The molecule has 2 amide bonds. The fraction of sp³-hybridized carbons (Fsp3) is 0.222. The van der Waals surface area contributed by atoms with E-state index in [1.165, 1.54) is 6.92 Å². The molecule has 2 aromatic carbocycles. The summed E-state index contributed by atoms with van der Waals surface area (Å²) in [6.45, 7) is 1.77. The Morgan fingerprint density at radius 1 is 1.00 bits per heavy atom. The predicted molar refractivity (Wildman–Crippen MR) is 95.5 cm³/mol. The standard InChI is InChI=1S/C18H20N2O3S/c1-13(21)19-12-11-18(22)20-14-3-7-16(8-4-14)24-17-9-5-15(23-2)6-10-17/h3-10H,11-12H2,1-2H3,(H,19,21)(H,20,22). The summed E-state index contributed by atoms with van der Waals surface area (Å²) >= 11 is 1.64. The van der Waals surface area contributed by atoms with E-state index in [2.05, 4.69) is 10.6 Å². The maximum Gasteiger partial charge on any atom is 0.226 e. The van der Waals surface area contributed by atoms with Crippen LogP contribution in [0.1, 0.15) is 13.3 Å². The van der Waals surface area contributed by atoms with Gasteiger partial charge in [-0.3, -0.25) is 9.59 Å². The Hall–Kier alpha value is -2.47. The third-order valence-corrected chi connectivity index (χ3v) is 4.17. The van der Waals surface area contributed by atoms with Crippen molar-refractivity contribution in [3.63, 3.8) is 0 Å². The van der Waals surface area contributed by atoms with E-state index in [1.807, 2.05) is 48.5 Å². The first kappa shape index (κ1) is 17.9. The zero-order valence-electron chi connectivity index (χ0n) is 13.7. The van der Waals surface area contributed by atoms with Gasteiger partial charge in [-0.2, -0.15) is 0 Å². The van der Waals surface area contributed by atoms with Crippen LogP contribution in [0.25, 0.3) is 0 Å². The van der Waals surface area contributed by atoms with E-state index in [-0.39, 0.29) is 18.2 Å². The molecule has 0 fully saturated rings. The number of hydrogen-bond acceptors (Lipinski definition) is 4. The van der Waals surface area contributed by atoms with Crippen molar-refractivity contribution < 1.29 is 14.3 Å². The Balaban J connectivity index is 1.85. The minimum atomic E-state index is -0.136. The van der Waals surface area contributed by atoms with Crippen molar-refractivity contribution in [3.05, 3.63) is 48.5 Å². The Morgan fingerprint density at radius 2 is 1.58 bits per heavy atom. The zero-order chi connectivity index (χ0) is 17.4. The van der Waals surface area contributed by atoms with Gasteiger partial charge < -0.3 is 15.4 Å². The van der Waals surface area contributed by atoms with E-state index in [0.29, 0.717) is 6.54 Å². The van der Waals surface area contributed by atoms with Crippen LogP contribution < -0.4 is 15.4 Å². The van der Waals surface area contributed by atoms with Gasteiger partial charge in [-0.1, -0.05) is 11.8 Å². The van der Waals surface area contributed by atoms with Crippen LogP contribution in [-0.2, 0) is 9.59 Å². The molecule has 0 atom stereocenters. The Bertz CT molecular complexity index is 684. The molecule has 2 rings (SSSR count). The first-order valence-electron chi connectivity index (χ1n) is 7.53. The van der Waals surface area contributed by atoms with Crippen molar-refractivity contribution in [1.29, 1.82) is 0 Å². The van der Waals surface area contributed by atoms with E-state index in [4.69, 9.17) is 4.74 Å². The van der Waals surface area contributed by atoms with E-state index in [9.17, 15) is 9.59 Å². The maximum absolute atomic E-state index is 11.8. The molecule has 2 aromatic rings. The molecule has 0 saturated carbocycles. The molecule has 2 N–H and O–H groups in total. The number of nitrogens with one attached hydrogen (secondary N) is 2. The summed E-state index contributed by atoms with van der Waals surface area (Å²) in [7, 11) is 1.64. The molecule has 0 bridgehead atoms. The quantitative estimate of drug-likeness (QED) is 0.809. The number of hydrogen-bond donors (Lipinski definition) is 2. The second kappa shape index (κ2) is 8.98. The molecule has 0 saturated heterocycles. The number of anilines is 1. The van der Waals surface area contributed by atoms with Crippen molar-refractivity contribution in [3.8, 4) is 5.75 Å². The Morgan fingerprint density at radius 3 is 2.12 bits per heavy atom. The van der Waals surface area contributed by atoms with E-state index >= 15 is 0 Å². The van der Waals surface area contributed by atoms with Gasteiger partial charge in [-0.15, -0.1) is 0 Å². The van der Waals surface area contributed by atoms with Gasteiger partial charge in [0.05, 0.1) is 7.11 Å². The highest BCUT2D eigenvalue weighted by atomic mass is 32.2. The minimum Gasteiger partial charge on any atom is -0.497 e. The Labute approximate surface area is 145 Å². The third kappa shape index (κ3) is 5.96. The van der Waals surface area contributed by atoms with E-state index in [1.54, 1.807) is 18.9 Å². The summed E-state index contributed by atoms with van der Waals surface area (Å²) < 4.78 is 5.14. The van der Waals surface area contributed by atoms with Gasteiger partial charge in [0.25, 0.3) is 0 Å². The predicted octanol–water partition coefficient (Wildman–Crippen LogP) is 3.31. The Kier molecular flexibility index (Phi) is 6.69. The topological polar surface area (TPSA) is 67.4 Å². The van der Waals surface area contributed by atoms with Crippen LogP contribution in [0, 0.1) is 0 Å². The molecule has 0 aliphatic carbocycles. The lowest BCUT2D eigenvalue weighted by Crippen LogP contribution is -2.25. The number of methoxy groups -OCH3 is 1. The number of ether oxygens (including phenoxy) is 1. The summed E-state index contributed by atoms with van der Waals surface area (Å²) in [4.78, 5) is 24.7. The number of rotatable bonds is 7. The average molecular weight is 344 g/mol. The summed E-state index contributed by atoms with van der Waals surface area (Å²) in [5.41, 5.74) is 0.738. The van der Waals surface area contributed by atoms with Crippen LogP contribution in [0.2, 0.25) is 0 Å². The zero-order valence-corrected chi connectivity index (χ0v) is 14.5. The van der Waals surface area contributed by atoms with Gasteiger partial charge in [0.15, 0.2) is 0 Å². The normalized spacial score (nSPS) is 10.1. The molecule has 5 nitrogen and oxygen atoms in total. The largest absolute Gasteiger partial charge is 0.497 e. The molecule has 126 valence electrons. The van der Waals surface area contributed by atoms with Crippen molar-refractivity contribution >= 4 is 29.3 Å². The average Bonchev–Trinajstić information content (AvgIpc) is 2.57. The van der Waals surface area contributed by atoms with Crippen molar-refractivity contribution in [2.45, 2.75) is 23.1 Å². The molecule has 24 heavy (non-hydrogen) atoms. The van der Waals surface area contributed by atoms with Crippen molar-refractivity contribution in [2.24, 2.45) is 0 Å². The summed E-state index contributed by atoms with van der Waals surface area (Å²) in [5.74, 6) is 0.568. The van der Waals surface area contributed by atoms with Crippen LogP contribution >= 0.6 is 11.8 Å². The second-order valence-corrected chi connectivity index (χ2v) is 6.23. The monoisotopic (exact) mass is 344 g/mol. The molecule has 0 aliphatic rings. The maximum atomic E-state index is 11.8. The number of benzene rings is 2. The van der Waals surface area contributed by atoms with Crippen molar-refractivity contribution in [2.75, 3.05) is 19.0 Å². The van der Waals surface area contributed by atoms with Gasteiger partial charge in [-0.25, -0.2) is 0 Å². The molecule has 0 aliphatic heterocycles. The van der Waals surface area contributed by atoms with Gasteiger partial charge in [0.1, 0.15) is 5.75 Å². The van der Waals surface area contributed by atoms with E-state index < -0.39 is 0 Å². The summed E-state index contributed by atoms with van der Waals surface area (Å²) in [6, 6.07) is 15.5. The van der Waals surface area contributed by atoms with Crippen LogP contribution in [-0.4, -0.2) is 25.5 Å². The molecule has 6 heteroatoms. The highest BCUT2D eigenvalue weighted by Gasteiger charge is 2.04. The molecular weight excluding hydrogens is 324 g/mol. The second-order valence-electron chi connectivity index (χ2n) is 5.08. The van der Waals surface area contributed by atoms with Crippen LogP contribution in [0.3, 0.4) is 0 Å². The number of carbonyl (C=O) groups is 2. The van der Waals surface area contributed by atoms with Gasteiger partial charge in [-0.05, 0) is 48.5 Å². The minimum absolute atomic E-state index is 0.126. The third-order valence-electron chi connectivity index (χ3n) is 3.16. The van der Waals surface area contributed by atoms with Crippen LogP contribution in [0.15, 0.2) is 58.3 Å². The molecular formula is C18H20N2O3S. The first-order valence-corrected chi connectivity index (χ1v) is 8.35. The molecule has 0 aromatic heterocycles. The lowest BCUT2D eigenvalue weighted by Gasteiger charge is -2.07. The molecule has 0 heterocycles. The SMILES string of the molecule is COc1ccc(Sc2ccc(NC(=O)CCNC(C)=O)cc2)cc1. The van der Waals surface area contributed by atoms with E-state index in [0.717, 1.165) is 21.2 Å². The highest BCUT2D eigenvalue weighted by molar-refractivity contribution is 7.99. The highest BCUT2D eigenvalue weighted by Crippen LogP contribution is 2.29. The smallest absolute Gasteiger partial charge is 0.226 e. The number of carbonyl (C=O) groups excluding carboxylic acids is 2.